The molecular formula is C36H68B30F4N4O2S. The molecule has 1 amide bonds. The molecule has 41 heteroatoms. The van der Waals surface area contributed by atoms with Crippen molar-refractivity contribution in [2.75, 3.05) is 0 Å². The number of hydrogen-bond donors (Lipinski definition) is 0. The lowest BCUT2D eigenvalue weighted by Gasteiger charge is -2.67. The van der Waals surface area contributed by atoms with Crippen molar-refractivity contribution in [1.29, 1.82) is 0 Å². The molecule has 6 nitrogen and oxygen atoms in total. The van der Waals surface area contributed by atoms with Crippen LogP contribution < -0.4 is 71.1 Å². The van der Waals surface area contributed by atoms with Gasteiger partial charge in [0.25, 0.3) is 5.56 Å². The zero-order valence-corrected chi connectivity index (χ0v) is 54.5. The number of nitrogens with zero attached hydrogens (tertiary/aromatic N) is 4. The predicted octanol–water partition coefficient (Wildman–Crippen LogP) is -32.5. The molecule has 0 saturated heterocycles. The Morgan fingerprint density at radius 3 is 1.29 bits per heavy atom. The van der Waals surface area contributed by atoms with Gasteiger partial charge in [-0.3, -0.25) is 9.59 Å². The lowest BCUT2D eigenvalue weighted by atomic mass is 9.20. The monoisotopic (exact) mass is 1030 g/mol. The Morgan fingerprint density at radius 1 is 0.558 bits per heavy atom. The Bertz CT molecular complexity index is 3110. The van der Waals surface area contributed by atoms with Crippen molar-refractivity contribution in [2.45, 2.75) is 78.6 Å². The molecule has 0 fully saturated rings. The second-order valence-corrected chi connectivity index (χ2v) is 30.4. The molecule has 1 aliphatic rings. The van der Waals surface area contributed by atoms with Crippen molar-refractivity contribution in [2.24, 2.45) is 0 Å². The molecule has 0 unspecified atom stereocenters. The average Bonchev–Trinajstić information content (AvgIpc) is 3.34. The zero-order chi connectivity index (χ0) is 60.1. The maximum atomic E-state index is 17.0. The molecule has 0 aliphatic heterocycles. The molecule has 0 N–H and O–H groups in total. The molecule has 0 spiro atoms. The first-order valence-electron chi connectivity index (χ1n) is 27.7. The Labute approximate surface area is 491 Å². The van der Waals surface area contributed by atoms with Crippen molar-refractivity contribution >= 4 is 319 Å². The number of amides is 1. The van der Waals surface area contributed by atoms with E-state index in [0.717, 1.165) is 60.7 Å². The van der Waals surface area contributed by atoms with Gasteiger partial charge in [0.1, 0.15) is 232 Å². The van der Waals surface area contributed by atoms with Crippen LogP contribution in [-0.4, -0.2) is 282 Å². The van der Waals surface area contributed by atoms with Crippen molar-refractivity contribution < 1.29 is 22.4 Å². The number of carbonyl (C=O) groups is 1. The Morgan fingerprint density at radius 2 is 0.922 bits per heavy atom. The summed E-state index contributed by atoms with van der Waals surface area (Å²) in [5.74, 6) is -0.389. The summed E-state index contributed by atoms with van der Waals surface area (Å²) < 4.78 is 61.0. The molecule has 77 heavy (non-hydrogen) atoms. The van der Waals surface area contributed by atoms with Crippen LogP contribution in [0.15, 0.2) is 9.95 Å². The minimum absolute atomic E-state index is 0.145. The number of benzene rings is 3. The van der Waals surface area contributed by atoms with E-state index in [2.05, 4.69) is 201 Å². The Hall–Kier alpha value is -2.01. The van der Waals surface area contributed by atoms with Crippen LogP contribution in [0.25, 0.3) is 11.1 Å². The highest BCUT2D eigenvalue weighted by molar-refractivity contribution is 8.02. The largest absolute Gasteiger partial charge is 0.415 e. The van der Waals surface area contributed by atoms with Crippen molar-refractivity contribution in [3.05, 3.63) is 44.1 Å². The molecule has 368 valence electrons. The Balaban J connectivity index is 1.96. The van der Waals surface area contributed by atoms with Gasteiger partial charge in [-0.1, -0.05) is 118 Å². The van der Waals surface area contributed by atoms with Gasteiger partial charge in [-0.25, -0.2) is 4.39 Å². The minimum Gasteiger partial charge on any atom is -0.357 e. The van der Waals surface area contributed by atoms with Gasteiger partial charge in [0.05, 0.1) is 15.7 Å². The topological polar surface area (TPSA) is 58.4 Å². The van der Waals surface area contributed by atoms with Crippen LogP contribution >= 0.6 is 11.8 Å². The van der Waals surface area contributed by atoms with Crippen LogP contribution in [0.4, 0.5) is 17.6 Å². The molecule has 0 atom stereocenters. The molecule has 4 aromatic rings. The first-order chi connectivity index (χ1) is 34.2. The summed E-state index contributed by atoms with van der Waals surface area (Å²) in [4.78, 5) is 41.6. The fourth-order valence-corrected chi connectivity index (χ4v) is 16.7. The van der Waals surface area contributed by atoms with Gasteiger partial charge >= 0.3 is 6.18 Å². The number of halogens is 4. The van der Waals surface area contributed by atoms with E-state index in [4.69, 9.17) is 4.98 Å². The third kappa shape index (κ3) is 10.2. The highest BCUT2D eigenvalue weighted by Gasteiger charge is 2.60. The molecule has 0 saturated carbocycles. The summed E-state index contributed by atoms with van der Waals surface area (Å²) in [6.07, 6.45) is -4.50. The molecule has 3 aromatic carbocycles. The number of rotatable bonds is 13. The fraction of sp³-hybridized carbons (Fsp3) is 0.361. The normalized spacial score (nSPS) is 15.8. The van der Waals surface area contributed by atoms with Gasteiger partial charge in [-0.2, -0.15) is 18.2 Å². The van der Waals surface area contributed by atoms with Crippen molar-refractivity contribution in [3.63, 3.8) is 0 Å². The maximum Gasteiger partial charge on any atom is 0.415 e. The molecule has 0 bridgehead atoms. The summed E-state index contributed by atoms with van der Waals surface area (Å²) in [6, 6.07) is 0. The molecule has 0 radical (unpaired) electrons. The van der Waals surface area contributed by atoms with Crippen LogP contribution in [-0.2, 0) is 37.8 Å². The summed E-state index contributed by atoms with van der Waals surface area (Å²) in [6.45, 7) is 4.30. The number of carbonyl (C=O) groups excluding carboxylic acids is 1. The standard InChI is InChI=1S/C36H68B30F4N4O2S/c1-27(49,50)74(28(2,51)52)36(65,66)35(63,64)73(31(57,58)7-15(41)11(37)5(12(38)16(7)42)6-13(39)19(45)9(33(68,69)70)20(46)14(6)40)4(75)3-72-24-10(29(53,54)34(61,62)30(24,55)56)25(76)71-26(72)77-32(59,60)8-17(43)21(47)23(67)22(48)18(8)44/h3,37-66H2,1-2H3. The van der Waals surface area contributed by atoms with E-state index in [1.807, 2.05) is 31.4 Å². The number of hydrogen-bond acceptors (Lipinski definition) is 5. The van der Waals surface area contributed by atoms with Crippen molar-refractivity contribution in [1.82, 2.24) is 19.4 Å². The van der Waals surface area contributed by atoms with Gasteiger partial charge in [0, 0.05) is 22.2 Å². The lowest BCUT2D eigenvalue weighted by Crippen LogP contribution is -2.83. The summed E-state index contributed by atoms with van der Waals surface area (Å²) in [5.41, 5.74) is 12.5. The van der Waals surface area contributed by atoms with E-state index < -0.39 is 47.9 Å². The number of alkyl halides is 3. The summed E-state index contributed by atoms with van der Waals surface area (Å²) in [7, 11) is 61.9. The molecule has 1 aliphatic carbocycles. The third-order valence-corrected chi connectivity index (χ3v) is 21.6. The smallest absolute Gasteiger partial charge is 0.357 e. The third-order valence-electron chi connectivity index (χ3n) is 20.4. The number of fused-ring (bicyclic) bond motifs is 1. The van der Waals surface area contributed by atoms with E-state index >= 15 is 9.18 Å². The first-order valence-corrected chi connectivity index (χ1v) is 28.5. The average molecular weight is 1020 g/mol. The molecule has 1 heterocycles. The predicted molar refractivity (Wildman–Crippen MR) is 410 cm³/mol. The van der Waals surface area contributed by atoms with Crippen LogP contribution in [0.2, 0.25) is 5.21 Å². The van der Waals surface area contributed by atoms with Gasteiger partial charge in [-0.05, 0) is 37.0 Å². The molecule has 5 rings (SSSR count). The Kier molecular flexibility index (Phi) is 17.4. The maximum absolute atomic E-state index is 17.0. The van der Waals surface area contributed by atoms with E-state index in [1.54, 1.807) is 31.4 Å². The van der Waals surface area contributed by atoms with E-state index in [0.29, 0.717) is 32.6 Å². The van der Waals surface area contributed by atoms with Gasteiger partial charge in [0.15, 0.2) is 5.16 Å². The van der Waals surface area contributed by atoms with Crippen molar-refractivity contribution in [3.8, 4) is 11.1 Å². The van der Waals surface area contributed by atoms with Gasteiger partial charge < -0.3 is 14.4 Å². The van der Waals surface area contributed by atoms with E-state index in [1.165, 1.54) is 11.8 Å². The lowest BCUT2D eigenvalue weighted by molar-refractivity contribution is -0.138. The van der Waals surface area contributed by atoms with E-state index in [9.17, 15) is 18.0 Å². The summed E-state index contributed by atoms with van der Waals surface area (Å²) >= 11 is 1.44. The quantitative estimate of drug-likeness (QED) is 0.0578. The van der Waals surface area contributed by atoms with Crippen LogP contribution in [0.3, 0.4) is 0 Å². The first kappa shape index (κ1) is 65.8. The highest BCUT2D eigenvalue weighted by atomic mass is 32.2. The number of thioether (sulfide) groups is 1. The van der Waals surface area contributed by atoms with Crippen LogP contribution in [0.1, 0.15) is 41.8 Å². The van der Waals surface area contributed by atoms with Gasteiger partial charge in [-0.15, -0.1) is 0 Å². The van der Waals surface area contributed by atoms with Gasteiger partial charge in [0.2, 0.25) is 5.91 Å². The molecule has 1 aromatic heterocycles. The van der Waals surface area contributed by atoms with Crippen LogP contribution in [0, 0.1) is 5.82 Å². The second kappa shape index (κ2) is 20.4. The van der Waals surface area contributed by atoms with Crippen LogP contribution in [0.5, 0.6) is 0 Å². The second-order valence-electron chi connectivity index (χ2n) is 28.8. The molecular weight excluding hydrogens is 953 g/mol. The summed E-state index contributed by atoms with van der Waals surface area (Å²) in [5, 5.41) is -4.73. The fourth-order valence-electron chi connectivity index (χ4n) is 15.4. The highest BCUT2D eigenvalue weighted by Crippen LogP contribution is 2.57. The van der Waals surface area contributed by atoms with E-state index in [-0.39, 0.29) is 45.4 Å². The minimum atomic E-state index is -4.50. The zero-order valence-electron chi connectivity index (χ0n) is 53.7. The SMILES string of the molecule is Bc1c(B)c(C(B)(B)Sc2nc(=O)c3c(n2CC(=O)N(C(B)(B)c2c(B)c(B)c(-c4c(B)c(B)c(C(F)(F)F)c(B)c4B)c(B)c2B)C(B)(B)C(B)(B)N(C(B)(B)C)C(B)(B)C)C(B)(B)C(B)(B)C3(B)B)c(B)c(B)c1F. The number of aromatic nitrogens is 2.